The molecular weight excluding hydrogens is 418 g/mol. The minimum absolute atomic E-state index is 0.0600. The number of pyridine rings is 1. The van der Waals surface area contributed by atoms with Crippen LogP contribution in [0.15, 0.2) is 59.7 Å². The molecule has 2 aliphatic heterocycles. The summed E-state index contributed by atoms with van der Waals surface area (Å²) in [5, 5.41) is 0. The molecule has 168 valence electrons. The molecule has 1 saturated heterocycles. The van der Waals surface area contributed by atoms with E-state index in [1.807, 2.05) is 23.1 Å². The Hall–Kier alpha value is -3.81. The monoisotopic (exact) mass is 443 g/mol. The van der Waals surface area contributed by atoms with Gasteiger partial charge in [-0.1, -0.05) is 18.2 Å². The summed E-state index contributed by atoms with van der Waals surface area (Å²) >= 11 is 0. The van der Waals surface area contributed by atoms with Gasteiger partial charge >= 0.3 is 0 Å². The zero-order chi connectivity index (χ0) is 22.8. The van der Waals surface area contributed by atoms with E-state index in [2.05, 4.69) is 9.97 Å². The Balaban J connectivity index is 1.44. The third-order valence-corrected chi connectivity index (χ3v) is 6.41. The number of piperidine rings is 1. The predicted molar refractivity (Wildman–Crippen MR) is 122 cm³/mol. The summed E-state index contributed by atoms with van der Waals surface area (Å²) in [6.45, 7) is 1.35. The van der Waals surface area contributed by atoms with Crippen LogP contribution in [-0.4, -0.2) is 49.7 Å². The van der Waals surface area contributed by atoms with E-state index in [0.717, 1.165) is 19.3 Å². The molecule has 2 amide bonds. The Morgan fingerprint density at radius 3 is 2.48 bits per heavy atom. The van der Waals surface area contributed by atoms with E-state index in [1.54, 1.807) is 41.6 Å². The fourth-order valence-electron chi connectivity index (χ4n) is 4.67. The van der Waals surface area contributed by atoms with Crippen LogP contribution in [0.1, 0.15) is 63.1 Å². The summed E-state index contributed by atoms with van der Waals surface area (Å²) < 4.78 is 0. The van der Waals surface area contributed by atoms with Gasteiger partial charge in [0.1, 0.15) is 5.82 Å². The molecule has 3 aromatic rings. The first-order valence-corrected chi connectivity index (χ1v) is 11.3. The van der Waals surface area contributed by atoms with Gasteiger partial charge in [-0.2, -0.15) is 0 Å². The number of aromatic nitrogens is 3. The van der Waals surface area contributed by atoms with E-state index in [4.69, 9.17) is 4.98 Å². The van der Waals surface area contributed by atoms with Gasteiger partial charge in [-0.25, -0.2) is 4.98 Å². The number of benzene rings is 1. The summed E-state index contributed by atoms with van der Waals surface area (Å²) in [5.41, 5.74) is 2.24. The molecule has 2 aliphatic rings. The summed E-state index contributed by atoms with van der Waals surface area (Å²) in [6.07, 6.45) is 6.24. The highest BCUT2D eigenvalue weighted by Crippen LogP contribution is 2.30. The van der Waals surface area contributed by atoms with Crippen molar-refractivity contribution in [3.63, 3.8) is 0 Å². The van der Waals surface area contributed by atoms with Gasteiger partial charge in [0.05, 0.1) is 18.3 Å². The number of nitrogens with zero attached hydrogens (tertiary/aromatic N) is 4. The fourth-order valence-corrected chi connectivity index (χ4v) is 4.67. The second-order valence-corrected chi connectivity index (χ2v) is 8.47. The SMILES string of the molecule is O=C(c1ccncc1)N1CCc2c(nc([C@H]3CCCCN3C(=O)c3ccccc3)[nH]c2=O)C1. The molecule has 2 aromatic heterocycles. The lowest BCUT2D eigenvalue weighted by atomic mass is 9.99. The molecule has 33 heavy (non-hydrogen) atoms. The largest absolute Gasteiger partial charge is 0.332 e. The predicted octanol–water partition coefficient (Wildman–Crippen LogP) is 2.73. The molecule has 1 atom stereocenters. The zero-order valence-corrected chi connectivity index (χ0v) is 18.2. The van der Waals surface area contributed by atoms with Crippen molar-refractivity contribution in [3.05, 3.63) is 93.4 Å². The van der Waals surface area contributed by atoms with Crippen LogP contribution in [0.3, 0.4) is 0 Å². The Morgan fingerprint density at radius 1 is 0.939 bits per heavy atom. The van der Waals surface area contributed by atoms with Crippen molar-refractivity contribution in [2.24, 2.45) is 0 Å². The lowest BCUT2D eigenvalue weighted by Gasteiger charge is -2.36. The van der Waals surface area contributed by atoms with Crippen LogP contribution < -0.4 is 5.56 Å². The first kappa shape index (κ1) is 21.1. The molecule has 0 saturated carbocycles. The minimum Gasteiger partial charge on any atom is -0.332 e. The number of amides is 2. The lowest BCUT2D eigenvalue weighted by Crippen LogP contribution is -2.42. The number of fused-ring (bicyclic) bond motifs is 1. The molecule has 1 N–H and O–H groups in total. The Bertz CT molecular complexity index is 1230. The van der Waals surface area contributed by atoms with Crippen molar-refractivity contribution >= 4 is 11.8 Å². The summed E-state index contributed by atoms with van der Waals surface area (Å²) in [6, 6.07) is 12.3. The van der Waals surface area contributed by atoms with Crippen molar-refractivity contribution in [1.29, 1.82) is 0 Å². The van der Waals surface area contributed by atoms with Gasteiger partial charge in [0.25, 0.3) is 17.4 Å². The number of hydrogen-bond donors (Lipinski definition) is 1. The molecule has 1 aromatic carbocycles. The van der Waals surface area contributed by atoms with Gasteiger partial charge < -0.3 is 14.8 Å². The normalized spacial score (nSPS) is 18.0. The third-order valence-electron chi connectivity index (χ3n) is 6.41. The highest BCUT2D eigenvalue weighted by atomic mass is 16.2. The van der Waals surface area contributed by atoms with Crippen LogP contribution >= 0.6 is 0 Å². The number of carbonyl (C=O) groups excluding carboxylic acids is 2. The summed E-state index contributed by atoms with van der Waals surface area (Å²) in [4.78, 5) is 54.3. The molecule has 4 heterocycles. The van der Waals surface area contributed by atoms with Gasteiger partial charge in [-0.15, -0.1) is 0 Å². The Kier molecular flexibility index (Phi) is 5.73. The second kappa shape index (κ2) is 8.97. The number of H-pyrrole nitrogens is 1. The molecule has 8 heteroatoms. The van der Waals surface area contributed by atoms with E-state index in [9.17, 15) is 14.4 Å². The van der Waals surface area contributed by atoms with E-state index in [1.165, 1.54) is 0 Å². The second-order valence-electron chi connectivity index (χ2n) is 8.47. The average molecular weight is 444 g/mol. The minimum atomic E-state index is -0.296. The highest BCUT2D eigenvalue weighted by Gasteiger charge is 2.32. The Morgan fingerprint density at radius 2 is 1.70 bits per heavy atom. The molecule has 0 aliphatic carbocycles. The van der Waals surface area contributed by atoms with Crippen LogP contribution in [0, 0.1) is 0 Å². The van der Waals surface area contributed by atoms with Crippen molar-refractivity contribution < 1.29 is 9.59 Å². The molecule has 0 radical (unpaired) electrons. The topological polar surface area (TPSA) is 99.3 Å². The first-order chi connectivity index (χ1) is 16.1. The van der Waals surface area contributed by atoms with Crippen LogP contribution in [0.25, 0.3) is 0 Å². The number of aromatic amines is 1. The molecule has 5 rings (SSSR count). The van der Waals surface area contributed by atoms with Gasteiger partial charge in [0.15, 0.2) is 0 Å². The summed E-state index contributed by atoms with van der Waals surface area (Å²) in [7, 11) is 0. The van der Waals surface area contributed by atoms with Gasteiger partial charge in [-0.05, 0) is 49.9 Å². The fraction of sp³-hybridized carbons (Fsp3) is 0.320. The maximum atomic E-state index is 13.2. The molecule has 8 nitrogen and oxygen atoms in total. The van der Waals surface area contributed by atoms with Crippen LogP contribution in [0.2, 0.25) is 0 Å². The van der Waals surface area contributed by atoms with E-state index in [-0.39, 0.29) is 30.0 Å². The van der Waals surface area contributed by atoms with Crippen molar-refractivity contribution in [3.8, 4) is 0 Å². The van der Waals surface area contributed by atoms with Crippen LogP contribution in [0.4, 0.5) is 0 Å². The van der Waals surface area contributed by atoms with Crippen LogP contribution in [0.5, 0.6) is 0 Å². The maximum Gasteiger partial charge on any atom is 0.254 e. The summed E-state index contributed by atoms with van der Waals surface area (Å²) in [5.74, 6) is 0.335. The lowest BCUT2D eigenvalue weighted by molar-refractivity contribution is 0.0598. The van der Waals surface area contributed by atoms with Crippen molar-refractivity contribution in [1.82, 2.24) is 24.8 Å². The Labute approximate surface area is 191 Å². The number of hydrogen-bond acceptors (Lipinski definition) is 5. The third kappa shape index (κ3) is 4.16. The van der Waals surface area contributed by atoms with Gasteiger partial charge in [-0.3, -0.25) is 19.4 Å². The quantitative estimate of drug-likeness (QED) is 0.671. The smallest absolute Gasteiger partial charge is 0.254 e. The molecule has 0 unspecified atom stereocenters. The molecule has 0 spiro atoms. The van der Waals surface area contributed by atoms with Gasteiger partial charge in [0.2, 0.25) is 0 Å². The number of nitrogens with one attached hydrogen (secondary N) is 1. The molecule has 0 bridgehead atoms. The standard InChI is InChI=1S/C25H25N5O3/c31-23-19-11-15-29(24(32)18-9-12-26-13-10-18)16-20(19)27-22(28-23)21-8-4-5-14-30(21)25(33)17-6-2-1-3-7-17/h1-3,6-7,9-10,12-13,21H,4-5,8,11,14-16H2,(H,27,28,31)/t21-/m1/s1. The van der Waals surface area contributed by atoms with Crippen LogP contribution in [-0.2, 0) is 13.0 Å². The van der Waals surface area contributed by atoms with E-state index in [0.29, 0.717) is 47.7 Å². The molecule has 1 fully saturated rings. The first-order valence-electron chi connectivity index (χ1n) is 11.3. The van der Waals surface area contributed by atoms with Gasteiger partial charge in [0, 0.05) is 42.2 Å². The maximum absolute atomic E-state index is 13.2. The number of rotatable bonds is 3. The average Bonchev–Trinajstić information content (AvgIpc) is 2.88. The highest BCUT2D eigenvalue weighted by molar-refractivity contribution is 5.95. The van der Waals surface area contributed by atoms with E-state index < -0.39 is 0 Å². The number of carbonyl (C=O) groups is 2. The number of likely N-dealkylation sites (tertiary alicyclic amines) is 1. The van der Waals surface area contributed by atoms with Crippen molar-refractivity contribution in [2.75, 3.05) is 13.1 Å². The van der Waals surface area contributed by atoms with E-state index >= 15 is 0 Å². The molecular formula is C25H25N5O3. The van der Waals surface area contributed by atoms with Crippen molar-refractivity contribution in [2.45, 2.75) is 38.3 Å². The zero-order valence-electron chi connectivity index (χ0n) is 18.2.